The fraction of sp³-hybridized carbons (Fsp3) is 0.417. The maximum Gasteiger partial charge on any atom is 0.251 e. The van der Waals surface area contributed by atoms with Crippen LogP contribution in [0.1, 0.15) is 35.7 Å². The summed E-state index contributed by atoms with van der Waals surface area (Å²) in [5, 5.41) is 3.05. The standard InChI is InChI=1S/C12H15IN2O/c1-12(5-6-12)15-11(16)10-4-2-3-9(7-10)8-14-13/h2-4,7,14H,5-6,8H2,1H3,(H,15,16). The van der Waals surface area contributed by atoms with E-state index in [1.165, 1.54) is 0 Å². The van der Waals surface area contributed by atoms with Crippen molar-refractivity contribution in [1.29, 1.82) is 0 Å². The first-order valence-electron chi connectivity index (χ1n) is 5.38. The summed E-state index contributed by atoms with van der Waals surface area (Å²) in [6.45, 7) is 2.86. The van der Waals surface area contributed by atoms with Crippen LogP contribution in [-0.2, 0) is 6.54 Å². The summed E-state index contributed by atoms with van der Waals surface area (Å²) in [6, 6.07) is 7.74. The number of hydrogen-bond acceptors (Lipinski definition) is 2. The van der Waals surface area contributed by atoms with Gasteiger partial charge in [-0.15, -0.1) is 0 Å². The largest absolute Gasteiger partial charge is 0.347 e. The Kier molecular flexibility index (Phi) is 3.49. The second-order valence-electron chi connectivity index (χ2n) is 4.53. The first-order valence-corrected chi connectivity index (χ1v) is 6.46. The van der Waals surface area contributed by atoms with Crippen LogP contribution in [0.15, 0.2) is 24.3 Å². The number of carbonyl (C=O) groups excluding carboxylic acids is 1. The maximum atomic E-state index is 11.9. The Morgan fingerprint density at radius 2 is 2.25 bits per heavy atom. The van der Waals surface area contributed by atoms with Crippen molar-refractivity contribution in [2.75, 3.05) is 0 Å². The molecule has 0 unspecified atom stereocenters. The summed E-state index contributed by atoms with van der Waals surface area (Å²) in [5.41, 5.74) is 1.93. The molecule has 2 rings (SSSR count). The third kappa shape index (κ3) is 2.95. The Balaban J connectivity index is 2.07. The van der Waals surface area contributed by atoms with E-state index in [2.05, 4.69) is 38.6 Å². The summed E-state index contributed by atoms with van der Waals surface area (Å²) in [7, 11) is 0. The molecular weight excluding hydrogens is 315 g/mol. The topological polar surface area (TPSA) is 41.1 Å². The quantitative estimate of drug-likeness (QED) is 0.658. The lowest BCUT2D eigenvalue weighted by atomic mass is 10.1. The van der Waals surface area contributed by atoms with Crippen molar-refractivity contribution < 1.29 is 4.79 Å². The number of rotatable bonds is 4. The molecule has 86 valence electrons. The number of halogens is 1. The number of benzene rings is 1. The van der Waals surface area contributed by atoms with Gasteiger partial charge in [0.2, 0.25) is 0 Å². The van der Waals surface area contributed by atoms with E-state index in [9.17, 15) is 4.79 Å². The second-order valence-corrected chi connectivity index (χ2v) is 5.29. The average molecular weight is 330 g/mol. The van der Waals surface area contributed by atoms with Crippen molar-refractivity contribution in [3.63, 3.8) is 0 Å². The zero-order chi connectivity index (χ0) is 11.6. The van der Waals surface area contributed by atoms with Gasteiger partial charge in [0.1, 0.15) is 0 Å². The lowest BCUT2D eigenvalue weighted by Crippen LogP contribution is -2.34. The van der Waals surface area contributed by atoms with Crippen molar-refractivity contribution >= 4 is 28.8 Å². The molecule has 16 heavy (non-hydrogen) atoms. The van der Waals surface area contributed by atoms with Crippen LogP contribution in [0.3, 0.4) is 0 Å². The Morgan fingerprint density at radius 3 is 2.88 bits per heavy atom. The third-order valence-corrected chi connectivity index (χ3v) is 3.26. The summed E-state index contributed by atoms with van der Waals surface area (Å²) < 4.78 is 3.05. The summed E-state index contributed by atoms with van der Waals surface area (Å²) >= 11 is 2.10. The highest BCUT2D eigenvalue weighted by molar-refractivity contribution is 14.1. The molecule has 1 saturated carbocycles. The number of hydrogen-bond donors (Lipinski definition) is 2. The fourth-order valence-electron chi connectivity index (χ4n) is 1.56. The molecule has 1 aromatic rings. The van der Waals surface area contributed by atoms with Crippen LogP contribution >= 0.6 is 22.9 Å². The van der Waals surface area contributed by atoms with Gasteiger partial charge in [0, 0.05) is 40.5 Å². The van der Waals surface area contributed by atoms with Crippen molar-refractivity contribution in [1.82, 2.24) is 8.85 Å². The smallest absolute Gasteiger partial charge is 0.251 e. The predicted octanol–water partition coefficient (Wildman–Crippen LogP) is 2.41. The molecule has 1 aliphatic rings. The molecule has 0 aromatic heterocycles. The summed E-state index contributed by atoms with van der Waals surface area (Å²) in [5.74, 6) is 0.0373. The van der Waals surface area contributed by atoms with Crippen LogP contribution in [-0.4, -0.2) is 11.4 Å². The first kappa shape index (κ1) is 11.9. The average Bonchev–Trinajstić information content (AvgIpc) is 2.97. The molecule has 3 nitrogen and oxygen atoms in total. The van der Waals surface area contributed by atoms with Gasteiger partial charge in [0.05, 0.1) is 0 Å². The van der Waals surface area contributed by atoms with Gasteiger partial charge in [-0.3, -0.25) is 8.32 Å². The molecule has 1 aromatic carbocycles. The Morgan fingerprint density at radius 1 is 1.50 bits per heavy atom. The Bertz CT molecular complexity index is 402. The minimum atomic E-state index is 0.0373. The molecule has 0 atom stereocenters. The zero-order valence-electron chi connectivity index (χ0n) is 9.22. The Hall–Kier alpha value is -0.620. The van der Waals surface area contributed by atoms with Crippen LogP contribution < -0.4 is 8.85 Å². The van der Waals surface area contributed by atoms with Crippen LogP contribution in [0.25, 0.3) is 0 Å². The first-order chi connectivity index (χ1) is 7.63. The van der Waals surface area contributed by atoms with Crippen LogP contribution in [0, 0.1) is 0 Å². The van der Waals surface area contributed by atoms with Crippen LogP contribution in [0.2, 0.25) is 0 Å². The lowest BCUT2D eigenvalue weighted by molar-refractivity contribution is 0.0935. The molecule has 2 N–H and O–H groups in total. The zero-order valence-corrected chi connectivity index (χ0v) is 11.4. The highest BCUT2D eigenvalue weighted by Crippen LogP contribution is 2.34. The fourth-order valence-corrected chi connectivity index (χ4v) is 2.00. The number of amides is 1. The molecule has 1 aliphatic carbocycles. The van der Waals surface area contributed by atoms with E-state index in [-0.39, 0.29) is 11.4 Å². The van der Waals surface area contributed by atoms with Gasteiger partial charge in [-0.05, 0) is 37.5 Å². The van der Waals surface area contributed by atoms with Crippen molar-refractivity contribution in [3.05, 3.63) is 35.4 Å². The molecule has 0 aliphatic heterocycles. The molecule has 0 bridgehead atoms. The highest BCUT2D eigenvalue weighted by atomic mass is 127. The van der Waals surface area contributed by atoms with E-state index in [0.29, 0.717) is 0 Å². The lowest BCUT2D eigenvalue weighted by Gasteiger charge is -2.11. The SMILES string of the molecule is CC1(NC(=O)c2cccc(CNI)c2)CC1. The Labute approximate surface area is 109 Å². The molecule has 1 amide bonds. The van der Waals surface area contributed by atoms with Gasteiger partial charge in [-0.2, -0.15) is 0 Å². The summed E-state index contributed by atoms with van der Waals surface area (Å²) in [4.78, 5) is 11.9. The molecule has 0 heterocycles. The van der Waals surface area contributed by atoms with E-state index < -0.39 is 0 Å². The van der Waals surface area contributed by atoms with Crippen LogP contribution in [0.4, 0.5) is 0 Å². The normalized spacial score (nSPS) is 16.9. The molecular formula is C12H15IN2O. The molecule has 0 spiro atoms. The molecule has 0 radical (unpaired) electrons. The summed E-state index contributed by atoms with van der Waals surface area (Å²) in [6.07, 6.45) is 2.18. The van der Waals surface area contributed by atoms with E-state index in [1.807, 2.05) is 24.3 Å². The van der Waals surface area contributed by atoms with Gasteiger partial charge in [-0.25, -0.2) is 0 Å². The number of carbonyl (C=O) groups is 1. The van der Waals surface area contributed by atoms with Gasteiger partial charge >= 0.3 is 0 Å². The highest BCUT2D eigenvalue weighted by Gasteiger charge is 2.38. The maximum absolute atomic E-state index is 11.9. The minimum Gasteiger partial charge on any atom is -0.347 e. The van der Waals surface area contributed by atoms with E-state index in [4.69, 9.17) is 0 Å². The van der Waals surface area contributed by atoms with Gasteiger partial charge < -0.3 is 5.32 Å². The minimum absolute atomic E-state index is 0.0373. The van der Waals surface area contributed by atoms with Crippen molar-refractivity contribution in [3.8, 4) is 0 Å². The predicted molar refractivity (Wildman–Crippen MR) is 72.4 cm³/mol. The second kappa shape index (κ2) is 4.71. The van der Waals surface area contributed by atoms with E-state index in [1.54, 1.807) is 0 Å². The third-order valence-electron chi connectivity index (χ3n) is 2.88. The van der Waals surface area contributed by atoms with Crippen molar-refractivity contribution in [2.45, 2.75) is 31.8 Å². The molecule has 1 fully saturated rings. The number of nitrogens with one attached hydrogen (secondary N) is 2. The van der Waals surface area contributed by atoms with Crippen molar-refractivity contribution in [2.24, 2.45) is 0 Å². The van der Waals surface area contributed by atoms with Gasteiger partial charge in [0.25, 0.3) is 5.91 Å². The van der Waals surface area contributed by atoms with Crippen LogP contribution in [0.5, 0.6) is 0 Å². The monoisotopic (exact) mass is 330 g/mol. The van der Waals surface area contributed by atoms with Gasteiger partial charge in [0.15, 0.2) is 0 Å². The van der Waals surface area contributed by atoms with Gasteiger partial charge in [-0.1, -0.05) is 12.1 Å². The van der Waals surface area contributed by atoms with E-state index >= 15 is 0 Å². The molecule has 0 saturated heterocycles. The molecule has 4 heteroatoms. The van der Waals surface area contributed by atoms with E-state index in [0.717, 1.165) is 30.5 Å².